The molecule has 0 atom stereocenters. The van der Waals surface area contributed by atoms with Crippen LogP contribution < -0.4 is 10.9 Å². The summed E-state index contributed by atoms with van der Waals surface area (Å²) >= 11 is 0. The predicted octanol–water partition coefficient (Wildman–Crippen LogP) is 4.25. The van der Waals surface area contributed by atoms with E-state index in [0.29, 0.717) is 16.7 Å². The first kappa shape index (κ1) is 18.6. The van der Waals surface area contributed by atoms with Crippen molar-refractivity contribution in [1.82, 2.24) is 15.0 Å². The fourth-order valence-corrected chi connectivity index (χ4v) is 3.54. The summed E-state index contributed by atoms with van der Waals surface area (Å²) in [5, 5.41) is 3.86. The third-order valence-electron chi connectivity index (χ3n) is 5.21. The Kier molecular flexibility index (Phi) is 4.89. The number of nitrogens with one attached hydrogen (secondary N) is 2. The molecule has 146 valence electrons. The van der Waals surface area contributed by atoms with Gasteiger partial charge in [-0.2, -0.15) is 0 Å². The van der Waals surface area contributed by atoms with E-state index in [1.165, 1.54) is 5.56 Å². The van der Waals surface area contributed by atoms with Crippen molar-refractivity contribution in [2.24, 2.45) is 0 Å². The lowest BCUT2D eigenvalue weighted by molar-refractivity contribution is 0.0837. The van der Waals surface area contributed by atoms with Crippen LogP contribution in [0.15, 0.2) is 41.3 Å². The Balaban J connectivity index is 1.80. The highest BCUT2D eigenvalue weighted by Crippen LogP contribution is 2.30. The summed E-state index contributed by atoms with van der Waals surface area (Å²) < 4.78 is 5.47. The first-order chi connectivity index (χ1) is 13.4. The zero-order valence-corrected chi connectivity index (χ0v) is 16.6. The van der Waals surface area contributed by atoms with E-state index in [0.717, 1.165) is 37.6 Å². The van der Waals surface area contributed by atoms with Gasteiger partial charge in [-0.15, -0.1) is 0 Å². The molecule has 4 rings (SSSR count). The maximum Gasteiger partial charge on any atom is 0.261 e. The number of H-pyrrole nitrogens is 1. The van der Waals surface area contributed by atoms with E-state index in [1.54, 1.807) is 6.20 Å². The lowest BCUT2D eigenvalue weighted by atomic mass is 9.87. The quantitative estimate of drug-likeness (QED) is 0.712. The Bertz CT molecular complexity index is 1050. The molecule has 0 aliphatic carbocycles. The van der Waals surface area contributed by atoms with Crippen LogP contribution >= 0.6 is 0 Å². The zero-order valence-electron chi connectivity index (χ0n) is 16.6. The number of ether oxygens (including phenoxy) is 1. The number of aromatic amines is 1. The van der Waals surface area contributed by atoms with Gasteiger partial charge in [0.05, 0.1) is 5.52 Å². The van der Waals surface area contributed by atoms with Gasteiger partial charge in [-0.25, -0.2) is 9.97 Å². The number of pyridine rings is 1. The number of anilines is 2. The van der Waals surface area contributed by atoms with Crippen molar-refractivity contribution in [3.8, 4) is 0 Å². The van der Waals surface area contributed by atoms with E-state index in [-0.39, 0.29) is 16.9 Å². The second-order valence-electron chi connectivity index (χ2n) is 8.34. The Labute approximate surface area is 164 Å². The number of benzene rings is 1. The van der Waals surface area contributed by atoms with Crippen LogP contribution in [0.3, 0.4) is 0 Å². The second kappa shape index (κ2) is 7.36. The summed E-state index contributed by atoms with van der Waals surface area (Å²) in [5.41, 5.74) is 2.64. The van der Waals surface area contributed by atoms with Gasteiger partial charge >= 0.3 is 0 Å². The predicted molar refractivity (Wildman–Crippen MR) is 111 cm³/mol. The molecular formula is C22H26N4O2. The molecule has 6 heteroatoms. The van der Waals surface area contributed by atoms with Gasteiger partial charge in [-0.05, 0) is 42.0 Å². The molecule has 3 aromatic rings. The van der Waals surface area contributed by atoms with Gasteiger partial charge in [-0.1, -0.05) is 32.9 Å². The third-order valence-corrected chi connectivity index (χ3v) is 5.21. The van der Waals surface area contributed by atoms with E-state index >= 15 is 0 Å². The molecule has 1 aromatic carbocycles. The lowest BCUT2D eigenvalue weighted by Crippen LogP contribution is -2.18. The topological polar surface area (TPSA) is 79.9 Å². The zero-order chi connectivity index (χ0) is 19.7. The first-order valence-corrected chi connectivity index (χ1v) is 9.76. The summed E-state index contributed by atoms with van der Waals surface area (Å²) in [7, 11) is 0. The minimum absolute atomic E-state index is 0.0379. The second-order valence-corrected chi connectivity index (χ2v) is 8.34. The molecule has 6 nitrogen and oxygen atoms in total. The van der Waals surface area contributed by atoms with Crippen LogP contribution in [-0.4, -0.2) is 28.2 Å². The van der Waals surface area contributed by atoms with Gasteiger partial charge in [0.25, 0.3) is 5.56 Å². The van der Waals surface area contributed by atoms with E-state index in [4.69, 9.17) is 14.7 Å². The highest BCUT2D eigenvalue weighted by molar-refractivity contribution is 5.90. The van der Waals surface area contributed by atoms with Gasteiger partial charge in [0.1, 0.15) is 17.0 Å². The summed E-state index contributed by atoms with van der Waals surface area (Å²) in [6.45, 7) is 7.98. The highest BCUT2D eigenvalue weighted by atomic mass is 16.5. The molecule has 0 spiro atoms. The van der Waals surface area contributed by atoms with Crippen molar-refractivity contribution >= 4 is 22.4 Å². The summed E-state index contributed by atoms with van der Waals surface area (Å²) in [6, 6.07) is 10.1. The van der Waals surface area contributed by atoms with Crippen LogP contribution in [0.1, 0.15) is 50.9 Å². The van der Waals surface area contributed by atoms with E-state index in [2.05, 4.69) is 43.2 Å². The molecule has 0 amide bonds. The minimum Gasteiger partial charge on any atom is -0.381 e. The molecule has 0 radical (unpaired) electrons. The number of nitrogens with zero attached hydrogens (tertiary/aromatic N) is 2. The molecule has 1 fully saturated rings. The van der Waals surface area contributed by atoms with E-state index < -0.39 is 0 Å². The van der Waals surface area contributed by atoms with Crippen LogP contribution in [0.4, 0.5) is 11.5 Å². The van der Waals surface area contributed by atoms with Crippen molar-refractivity contribution in [1.29, 1.82) is 0 Å². The Morgan fingerprint density at radius 3 is 2.68 bits per heavy atom. The fourth-order valence-electron chi connectivity index (χ4n) is 3.54. The number of aromatic nitrogens is 3. The maximum absolute atomic E-state index is 12.5. The molecule has 0 unspecified atom stereocenters. The van der Waals surface area contributed by atoms with Crippen molar-refractivity contribution in [3.63, 3.8) is 0 Å². The lowest BCUT2D eigenvalue weighted by Gasteiger charge is -2.22. The SMILES string of the molecule is CC(C)(C)c1cccc(Nc2nc(C3CCOCC3)nc3cc[nH]c(=O)c23)c1. The summed E-state index contributed by atoms with van der Waals surface area (Å²) in [6.07, 6.45) is 3.43. The van der Waals surface area contributed by atoms with E-state index in [1.807, 2.05) is 18.2 Å². The number of hydrogen-bond acceptors (Lipinski definition) is 5. The molecule has 1 saturated heterocycles. The molecule has 0 saturated carbocycles. The molecule has 1 aliphatic heterocycles. The standard InChI is InChI=1S/C22H26N4O2/c1-22(2,3)15-5-4-6-16(13-15)24-20-18-17(7-10-23-21(18)27)25-19(26-20)14-8-11-28-12-9-14/h4-7,10,13-14H,8-9,11-12H2,1-3H3,(H,23,27)(H,24,25,26). The van der Waals surface area contributed by atoms with Gasteiger partial charge < -0.3 is 15.0 Å². The van der Waals surface area contributed by atoms with Crippen LogP contribution in [0, 0.1) is 0 Å². The average molecular weight is 378 g/mol. The van der Waals surface area contributed by atoms with Crippen molar-refractivity contribution in [2.45, 2.75) is 44.9 Å². The Morgan fingerprint density at radius 1 is 1.14 bits per heavy atom. The Morgan fingerprint density at radius 2 is 1.93 bits per heavy atom. The molecule has 2 aromatic heterocycles. The molecule has 3 heterocycles. The largest absolute Gasteiger partial charge is 0.381 e. The summed E-state index contributed by atoms with van der Waals surface area (Å²) in [4.78, 5) is 24.7. The van der Waals surface area contributed by atoms with E-state index in [9.17, 15) is 4.79 Å². The smallest absolute Gasteiger partial charge is 0.261 e. The van der Waals surface area contributed by atoms with Gasteiger partial charge in [0.2, 0.25) is 0 Å². The van der Waals surface area contributed by atoms with Crippen molar-refractivity contribution in [2.75, 3.05) is 18.5 Å². The molecule has 1 aliphatic rings. The minimum atomic E-state index is -0.189. The van der Waals surface area contributed by atoms with Crippen LogP contribution in [-0.2, 0) is 10.2 Å². The fraction of sp³-hybridized carbons (Fsp3) is 0.409. The van der Waals surface area contributed by atoms with Crippen LogP contribution in [0.5, 0.6) is 0 Å². The number of rotatable bonds is 3. The van der Waals surface area contributed by atoms with Gasteiger partial charge in [0, 0.05) is 31.0 Å². The highest BCUT2D eigenvalue weighted by Gasteiger charge is 2.21. The van der Waals surface area contributed by atoms with Crippen LogP contribution in [0.2, 0.25) is 0 Å². The summed E-state index contributed by atoms with van der Waals surface area (Å²) in [5.74, 6) is 1.58. The number of hydrogen-bond donors (Lipinski definition) is 2. The first-order valence-electron chi connectivity index (χ1n) is 9.76. The monoisotopic (exact) mass is 378 g/mol. The van der Waals surface area contributed by atoms with Gasteiger partial charge in [-0.3, -0.25) is 4.79 Å². The van der Waals surface area contributed by atoms with Crippen molar-refractivity contribution < 1.29 is 4.74 Å². The molecular weight excluding hydrogens is 352 g/mol. The third kappa shape index (κ3) is 3.78. The molecule has 28 heavy (non-hydrogen) atoms. The number of fused-ring (bicyclic) bond motifs is 1. The Hall–Kier alpha value is -2.73. The van der Waals surface area contributed by atoms with Crippen LogP contribution in [0.25, 0.3) is 10.9 Å². The normalized spacial score (nSPS) is 15.7. The average Bonchev–Trinajstić information content (AvgIpc) is 2.68. The van der Waals surface area contributed by atoms with Crippen molar-refractivity contribution in [3.05, 3.63) is 58.3 Å². The molecule has 2 N–H and O–H groups in total. The maximum atomic E-state index is 12.5. The van der Waals surface area contributed by atoms with Gasteiger partial charge in [0.15, 0.2) is 0 Å². The molecule has 0 bridgehead atoms.